The number of hydrogen-bond donors (Lipinski definition) is 3. The molecule has 2 aromatic carbocycles. The molecule has 6 nitrogen and oxygen atoms in total. The van der Waals surface area contributed by atoms with Crippen molar-refractivity contribution in [2.75, 3.05) is 18.5 Å². The molecule has 0 fully saturated rings. The van der Waals surface area contributed by atoms with Gasteiger partial charge >= 0.3 is 0 Å². The molecule has 0 saturated carbocycles. The molecule has 0 spiro atoms. The fourth-order valence-electron chi connectivity index (χ4n) is 3.09. The van der Waals surface area contributed by atoms with Gasteiger partial charge in [0, 0.05) is 35.8 Å². The van der Waals surface area contributed by atoms with Gasteiger partial charge in [0.25, 0.3) is 0 Å². The Morgan fingerprint density at radius 1 is 1.11 bits per heavy atom. The predicted molar refractivity (Wildman–Crippen MR) is 112 cm³/mol. The van der Waals surface area contributed by atoms with E-state index in [4.69, 9.17) is 4.84 Å². The zero-order chi connectivity index (χ0) is 20.3. The molecule has 1 aliphatic rings. The number of β-amino-alcohol motifs (C(OH)–C–C–N with tert-alkyl or cyclic N) is 1. The maximum Gasteiger partial charge on any atom is 0.221 e. The molecule has 1 amide bonds. The maximum absolute atomic E-state index is 11.4. The number of carbonyl (C=O) groups is 1. The number of anilines is 1. The van der Waals surface area contributed by atoms with Crippen molar-refractivity contribution in [3.05, 3.63) is 53.6 Å². The lowest BCUT2D eigenvalue weighted by molar-refractivity contribution is -0.114. The first kappa shape index (κ1) is 20.0. The molecule has 0 heterocycles. The van der Waals surface area contributed by atoms with Crippen LogP contribution < -0.4 is 10.6 Å². The summed E-state index contributed by atoms with van der Waals surface area (Å²) in [6.07, 6.45) is -0.662. The van der Waals surface area contributed by atoms with Gasteiger partial charge in [0.15, 0.2) is 0 Å². The summed E-state index contributed by atoms with van der Waals surface area (Å²) in [6, 6.07) is 13.7. The zero-order valence-electron chi connectivity index (χ0n) is 16.7. The van der Waals surface area contributed by atoms with Gasteiger partial charge in [-0.3, -0.25) is 4.79 Å². The average molecular weight is 381 g/mol. The summed E-state index contributed by atoms with van der Waals surface area (Å²) in [5.74, 6) is -0.125. The highest BCUT2D eigenvalue weighted by Gasteiger charge is 2.26. The molecule has 6 heteroatoms. The van der Waals surface area contributed by atoms with Crippen molar-refractivity contribution in [3.8, 4) is 11.1 Å². The summed E-state index contributed by atoms with van der Waals surface area (Å²) in [5, 5.41) is 20.5. The van der Waals surface area contributed by atoms with Crippen molar-refractivity contribution in [2.45, 2.75) is 39.3 Å². The third-order valence-corrected chi connectivity index (χ3v) is 4.36. The van der Waals surface area contributed by atoms with Gasteiger partial charge in [-0.1, -0.05) is 35.5 Å². The SMILES string of the molecule is CC(=O)Nc1ccc2c(c1)/C(=N\OCC(O)CNC(C)(C)C)c1ccccc1-2. The second kappa shape index (κ2) is 8.12. The Balaban J connectivity index is 1.80. The van der Waals surface area contributed by atoms with Crippen LogP contribution in [-0.4, -0.2) is 41.5 Å². The number of fused-ring (bicyclic) bond motifs is 3. The Labute approximate surface area is 165 Å². The molecule has 1 atom stereocenters. The molecule has 0 bridgehead atoms. The smallest absolute Gasteiger partial charge is 0.221 e. The fourth-order valence-corrected chi connectivity index (χ4v) is 3.09. The molecule has 3 rings (SSSR count). The molecule has 0 aliphatic heterocycles. The quantitative estimate of drug-likeness (QED) is 0.573. The Morgan fingerprint density at radius 3 is 2.46 bits per heavy atom. The van der Waals surface area contributed by atoms with Gasteiger partial charge < -0.3 is 20.6 Å². The van der Waals surface area contributed by atoms with Crippen LogP contribution in [-0.2, 0) is 9.63 Å². The third kappa shape index (κ3) is 4.77. The molecule has 1 unspecified atom stereocenters. The van der Waals surface area contributed by atoms with Crippen molar-refractivity contribution < 1.29 is 14.7 Å². The summed E-state index contributed by atoms with van der Waals surface area (Å²) in [4.78, 5) is 16.9. The number of carbonyl (C=O) groups excluding carboxylic acids is 1. The number of amides is 1. The number of nitrogens with one attached hydrogen (secondary N) is 2. The number of aliphatic hydroxyl groups is 1. The standard InChI is InChI=1S/C22H27N3O3/c1-14(26)24-15-9-10-18-17-7-5-6-8-19(17)21(20(18)11-15)25-28-13-16(27)12-23-22(2,3)4/h5-11,16,23,27H,12-13H2,1-4H3,(H,24,26)/b25-21-. The van der Waals surface area contributed by atoms with Gasteiger partial charge in [-0.15, -0.1) is 0 Å². The minimum atomic E-state index is -0.662. The minimum absolute atomic E-state index is 0.0731. The van der Waals surface area contributed by atoms with E-state index in [1.54, 1.807) is 0 Å². The zero-order valence-corrected chi connectivity index (χ0v) is 16.7. The van der Waals surface area contributed by atoms with Crippen LogP contribution in [0, 0.1) is 0 Å². The number of oxime groups is 1. The van der Waals surface area contributed by atoms with Crippen LogP contribution in [0.4, 0.5) is 5.69 Å². The molecule has 28 heavy (non-hydrogen) atoms. The Hall–Kier alpha value is -2.70. The maximum atomic E-state index is 11.4. The van der Waals surface area contributed by atoms with Crippen molar-refractivity contribution >= 4 is 17.3 Å². The van der Waals surface area contributed by atoms with Crippen LogP contribution >= 0.6 is 0 Å². The number of rotatable bonds is 6. The highest BCUT2D eigenvalue weighted by Crippen LogP contribution is 2.38. The van der Waals surface area contributed by atoms with Crippen LogP contribution in [0.1, 0.15) is 38.8 Å². The van der Waals surface area contributed by atoms with E-state index in [0.717, 1.165) is 22.3 Å². The van der Waals surface area contributed by atoms with E-state index in [-0.39, 0.29) is 18.1 Å². The van der Waals surface area contributed by atoms with E-state index in [1.807, 2.05) is 63.2 Å². The summed E-state index contributed by atoms with van der Waals surface area (Å²) >= 11 is 0. The molecule has 3 N–H and O–H groups in total. The first-order valence-electron chi connectivity index (χ1n) is 9.39. The van der Waals surface area contributed by atoms with Crippen molar-refractivity contribution in [3.63, 3.8) is 0 Å². The van der Waals surface area contributed by atoms with Gasteiger partial charge in [-0.05, 0) is 44.0 Å². The van der Waals surface area contributed by atoms with E-state index >= 15 is 0 Å². The second-order valence-corrected chi connectivity index (χ2v) is 8.01. The second-order valence-electron chi connectivity index (χ2n) is 8.01. The largest absolute Gasteiger partial charge is 0.392 e. The molecule has 0 aromatic heterocycles. The monoisotopic (exact) mass is 381 g/mol. The number of benzene rings is 2. The first-order valence-corrected chi connectivity index (χ1v) is 9.39. The summed E-state index contributed by atoms with van der Waals surface area (Å²) in [6.45, 7) is 8.12. The van der Waals surface area contributed by atoms with Crippen molar-refractivity contribution in [1.29, 1.82) is 0 Å². The van der Waals surface area contributed by atoms with Crippen LogP contribution in [0.5, 0.6) is 0 Å². The lowest BCUT2D eigenvalue weighted by Crippen LogP contribution is -2.42. The Bertz CT molecular complexity index is 900. The molecular weight excluding hydrogens is 354 g/mol. The molecule has 0 radical (unpaired) electrons. The minimum Gasteiger partial charge on any atom is -0.392 e. The Kier molecular flexibility index (Phi) is 5.82. The first-order chi connectivity index (χ1) is 13.2. The third-order valence-electron chi connectivity index (χ3n) is 4.36. The van der Waals surface area contributed by atoms with E-state index < -0.39 is 6.10 Å². The van der Waals surface area contributed by atoms with Crippen LogP contribution in [0.2, 0.25) is 0 Å². The molecule has 148 valence electrons. The summed E-state index contributed by atoms with van der Waals surface area (Å²) in [7, 11) is 0. The van der Waals surface area contributed by atoms with Gasteiger partial charge in [0.2, 0.25) is 5.91 Å². The highest BCUT2D eigenvalue weighted by atomic mass is 16.6. The van der Waals surface area contributed by atoms with Crippen molar-refractivity contribution in [1.82, 2.24) is 5.32 Å². The number of aliphatic hydroxyl groups excluding tert-OH is 1. The van der Waals surface area contributed by atoms with Gasteiger partial charge in [-0.25, -0.2) is 0 Å². The highest BCUT2D eigenvalue weighted by molar-refractivity contribution is 6.24. The molecule has 2 aromatic rings. The summed E-state index contributed by atoms with van der Waals surface area (Å²) in [5.41, 5.74) is 5.33. The van der Waals surface area contributed by atoms with Gasteiger partial charge in [-0.2, -0.15) is 0 Å². The van der Waals surface area contributed by atoms with Crippen LogP contribution in [0.3, 0.4) is 0 Å². The molecule has 1 aliphatic carbocycles. The van der Waals surface area contributed by atoms with Crippen LogP contribution in [0.15, 0.2) is 47.6 Å². The lowest BCUT2D eigenvalue weighted by Gasteiger charge is -2.22. The van der Waals surface area contributed by atoms with E-state index in [9.17, 15) is 9.90 Å². The van der Waals surface area contributed by atoms with E-state index in [1.165, 1.54) is 6.92 Å². The van der Waals surface area contributed by atoms with Crippen LogP contribution in [0.25, 0.3) is 11.1 Å². The predicted octanol–water partition coefficient (Wildman–Crippen LogP) is 3.14. The molecule has 0 saturated heterocycles. The van der Waals surface area contributed by atoms with E-state index in [2.05, 4.69) is 15.8 Å². The molecular formula is C22H27N3O3. The lowest BCUT2D eigenvalue weighted by atomic mass is 10.1. The number of hydrogen-bond acceptors (Lipinski definition) is 5. The van der Waals surface area contributed by atoms with Crippen molar-refractivity contribution in [2.24, 2.45) is 5.16 Å². The number of nitrogens with zero attached hydrogens (tertiary/aromatic N) is 1. The fraction of sp³-hybridized carbons (Fsp3) is 0.364. The topological polar surface area (TPSA) is 83.0 Å². The van der Waals surface area contributed by atoms with Gasteiger partial charge in [0.1, 0.15) is 18.4 Å². The normalized spacial score (nSPS) is 15.1. The van der Waals surface area contributed by atoms with E-state index in [0.29, 0.717) is 17.9 Å². The summed E-state index contributed by atoms with van der Waals surface area (Å²) < 4.78 is 0. The Morgan fingerprint density at radius 2 is 1.79 bits per heavy atom. The average Bonchev–Trinajstić information content (AvgIpc) is 2.92. The van der Waals surface area contributed by atoms with Gasteiger partial charge in [0.05, 0.1) is 0 Å².